The highest BCUT2D eigenvalue weighted by Crippen LogP contribution is 2.38. The summed E-state index contributed by atoms with van der Waals surface area (Å²) in [4.78, 5) is 27.6. The Labute approximate surface area is 172 Å². The standard InChI is InChI=1S/C21H20ClNO4S/c1-2-12-27-17-9-3-14(4-10-17)18-19(28-13-11-24)21(26)23(20(18)25)16-7-5-15(22)6-8-16/h3-10,24H,2,11-13H2,1H3. The van der Waals surface area contributed by atoms with E-state index in [1.54, 1.807) is 48.5 Å². The number of nitrogens with zero attached hydrogens (tertiary/aromatic N) is 1. The first-order valence-electron chi connectivity index (χ1n) is 8.92. The van der Waals surface area contributed by atoms with Crippen molar-refractivity contribution < 1.29 is 19.4 Å². The number of carbonyl (C=O) groups excluding carboxylic acids is 2. The zero-order valence-corrected chi connectivity index (χ0v) is 16.9. The lowest BCUT2D eigenvalue weighted by Gasteiger charge is -2.15. The lowest BCUT2D eigenvalue weighted by molar-refractivity contribution is -0.119. The van der Waals surface area contributed by atoms with Gasteiger partial charge in [-0.05, 0) is 48.4 Å². The van der Waals surface area contributed by atoms with Crippen molar-refractivity contribution >= 4 is 46.4 Å². The van der Waals surface area contributed by atoms with Gasteiger partial charge in [0.25, 0.3) is 11.8 Å². The van der Waals surface area contributed by atoms with E-state index < -0.39 is 11.8 Å². The molecule has 1 heterocycles. The number of hydrogen-bond acceptors (Lipinski definition) is 5. The van der Waals surface area contributed by atoms with E-state index >= 15 is 0 Å². The van der Waals surface area contributed by atoms with Gasteiger partial charge in [-0.2, -0.15) is 0 Å². The van der Waals surface area contributed by atoms with Crippen LogP contribution < -0.4 is 9.64 Å². The molecule has 0 fully saturated rings. The van der Waals surface area contributed by atoms with E-state index in [9.17, 15) is 14.7 Å². The first kappa shape index (κ1) is 20.5. The number of thioether (sulfide) groups is 1. The summed E-state index contributed by atoms with van der Waals surface area (Å²) in [5, 5.41) is 9.71. The molecule has 28 heavy (non-hydrogen) atoms. The van der Waals surface area contributed by atoms with Gasteiger partial charge in [-0.25, -0.2) is 4.90 Å². The molecule has 3 rings (SSSR count). The van der Waals surface area contributed by atoms with Crippen LogP contribution in [0.5, 0.6) is 5.75 Å². The minimum absolute atomic E-state index is 0.0896. The zero-order valence-electron chi connectivity index (χ0n) is 15.4. The molecule has 2 amide bonds. The molecular weight excluding hydrogens is 398 g/mol. The zero-order chi connectivity index (χ0) is 20.1. The highest BCUT2D eigenvalue weighted by Gasteiger charge is 2.40. The van der Waals surface area contributed by atoms with Crippen LogP contribution in [-0.4, -0.2) is 35.9 Å². The Morgan fingerprint density at radius 3 is 2.32 bits per heavy atom. The van der Waals surface area contributed by atoms with Crippen LogP contribution in [0.25, 0.3) is 5.57 Å². The molecule has 7 heteroatoms. The summed E-state index contributed by atoms with van der Waals surface area (Å²) in [5.41, 5.74) is 1.43. The predicted octanol–water partition coefficient (Wildman–Crippen LogP) is 4.14. The van der Waals surface area contributed by atoms with Gasteiger partial charge in [0.2, 0.25) is 0 Å². The van der Waals surface area contributed by atoms with Crippen molar-refractivity contribution in [3.8, 4) is 5.75 Å². The summed E-state index contributed by atoms with van der Waals surface area (Å²) >= 11 is 7.10. The normalized spacial score (nSPS) is 14.2. The maximum atomic E-state index is 13.1. The number of aliphatic hydroxyl groups excluding tert-OH is 1. The number of halogens is 1. The van der Waals surface area contributed by atoms with Crippen molar-refractivity contribution in [3.63, 3.8) is 0 Å². The Morgan fingerprint density at radius 2 is 1.71 bits per heavy atom. The number of benzene rings is 2. The molecule has 1 aliphatic rings. The number of amides is 2. The molecule has 0 saturated heterocycles. The van der Waals surface area contributed by atoms with Crippen molar-refractivity contribution in [3.05, 3.63) is 64.0 Å². The fraction of sp³-hybridized carbons (Fsp3) is 0.238. The van der Waals surface area contributed by atoms with Crippen LogP contribution in [0.15, 0.2) is 53.4 Å². The van der Waals surface area contributed by atoms with Crippen LogP contribution in [0.4, 0.5) is 5.69 Å². The lowest BCUT2D eigenvalue weighted by atomic mass is 10.1. The van der Waals surface area contributed by atoms with Crippen LogP contribution in [0, 0.1) is 0 Å². The third-order valence-corrected chi connectivity index (χ3v) is 5.39. The first-order chi connectivity index (χ1) is 13.6. The molecule has 2 aromatic rings. The topological polar surface area (TPSA) is 66.8 Å². The van der Waals surface area contributed by atoms with Gasteiger partial charge in [-0.15, -0.1) is 11.8 Å². The SMILES string of the molecule is CCCOc1ccc(C2=C(SCCO)C(=O)N(c3ccc(Cl)cc3)C2=O)cc1. The van der Waals surface area contributed by atoms with E-state index in [-0.39, 0.29) is 6.61 Å². The van der Waals surface area contributed by atoms with Gasteiger partial charge in [0, 0.05) is 10.8 Å². The summed E-state index contributed by atoms with van der Waals surface area (Å²) in [6.07, 6.45) is 0.901. The Morgan fingerprint density at radius 1 is 1.04 bits per heavy atom. The van der Waals surface area contributed by atoms with Gasteiger partial charge in [-0.1, -0.05) is 30.7 Å². The molecule has 0 aromatic heterocycles. The van der Waals surface area contributed by atoms with Crippen LogP contribution >= 0.6 is 23.4 Å². The van der Waals surface area contributed by atoms with Gasteiger partial charge in [-0.3, -0.25) is 9.59 Å². The van der Waals surface area contributed by atoms with E-state index in [1.807, 2.05) is 6.92 Å². The van der Waals surface area contributed by atoms with Gasteiger partial charge in [0.05, 0.1) is 29.4 Å². The van der Waals surface area contributed by atoms with E-state index in [0.717, 1.165) is 11.3 Å². The minimum Gasteiger partial charge on any atom is -0.494 e. The Bertz CT molecular complexity index is 894. The fourth-order valence-corrected chi connectivity index (χ4v) is 3.79. The monoisotopic (exact) mass is 417 g/mol. The van der Waals surface area contributed by atoms with Crippen LogP contribution in [0.3, 0.4) is 0 Å². The number of aliphatic hydroxyl groups is 1. The van der Waals surface area contributed by atoms with Crippen molar-refractivity contribution in [1.29, 1.82) is 0 Å². The van der Waals surface area contributed by atoms with E-state index in [1.165, 1.54) is 11.8 Å². The van der Waals surface area contributed by atoms with Crippen molar-refractivity contribution in [2.75, 3.05) is 23.9 Å². The number of ether oxygens (including phenoxy) is 1. The maximum absolute atomic E-state index is 13.1. The van der Waals surface area contributed by atoms with E-state index in [4.69, 9.17) is 16.3 Å². The average Bonchev–Trinajstić information content (AvgIpc) is 2.95. The summed E-state index contributed by atoms with van der Waals surface area (Å²) in [6.45, 7) is 2.55. The largest absolute Gasteiger partial charge is 0.494 e. The molecule has 0 radical (unpaired) electrons. The van der Waals surface area contributed by atoms with Gasteiger partial charge in [0.15, 0.2) is 0 Å². The Kier molecular flexibility index (Phi) is 6.78. The number of rotatable bonds is 8. The number of anilines is 1. The maximum Gasteiger partial charge on any atom is 0.272 e. The summed E-state index contributed by atoms with van der Waals surface area (Å²) in [7, 11) is 0. The van der Waals surface area contributed by atoms with Gasteiger partial charge in [0.1, 0.15) is 5.75 Å². The molecular formula is C21H20ClNO4S. The Hall–Kier alpha value is -2.28. The highest BCUT2D eigenvalue weighted by molar-refractivity contribution is 8.04. The summed E-state index contributed by atoms with van der Waals surface area (Å²) in [6, 6.07) is 13.7. The first-order valence-corrected chi connectivity index (χ1v) is 10.3. The van der Waals surface area contributed by atoms with Crippen molar-refractivity contribution in [2.24, 2.45) is 0 Å². The molecule has 146 valence electrons. The molecule has 2 aromatic carbocycles. The highest BCUT2D eigenvalue weighted by atomic mass is 35.5. The lowest BCUT2D eigenvalue weighted by Crippen LogP contribution is -2.31. The van der Waals surface area contributed by atoms with Gasteiger partial charge >= 0.3 is 0 Å². The van der Waals surface area contributed by atoms with E-state index in [0.29, 0.717) is 44.9 Å². The number of hydrogen-bond donors (Lipinski definition) is 1. The van der Waals surface area contributed by atoms with Crippen LogP contribution in [0.2, 0.25) is 5.02 Å². The predicted molar refractivity (Wildman–Crippen MR) is 113 cm³/mol. The second kappa shape index (κ2) is 9.28. The molecule has 0 atom stereocenters. The quantitative estimate of drug-likeness (QED) is 0.654. The van der Waals surface area contributed by atoms with E-state index in [2.05, 4.69) is 0 Å². The molecule has 0 bridgehead atoms. The molecule has 0 aliphatic carbocycles. The third-order valence-electron chi connectivity index (χ3n) is 4.08. The molecule has 0 unspecified atom stereocenters. The van der Waals surface area contributed by atoms with Crippen LogP contribution in [0.1, 0.15) is 18.9 Å². The second-order valence-electron chi connectivity index (χ2n) is 6.07. The molecule has 1 N–H and O–H groups in total. The molecule has 0 saturated carbocycles. The van der Waals surface area contributed by atoms with Crippen molar-refractivity contribution in [1.82, 2.24) is 0 Å². The molecule has 0 spiro atoms. The average molecular weight is 418 g/mol. The van der Waals surface area contributed by atoms with Crippen molar-refractivity contribution in [2.45, 2.75) is 13.3 Å². The van der Waals surface area contributed by atoms with Crippen LogP contribution in [-0.2, 0) is 9.59 Å². The molecule has 1 aliphatic heterocycles. The van der Waals surface area contributed by atoms with Gasteiger partial charge < -0.3 is 9.84 Å². The summed E-state index contributed by atoms with van der Waals surface area (Å²) in [5.74, 6) is 0.244. The molecule has 5 nitrogen and oxygen atoms in total. The Balaban J connectivity index is 1.97. The smallest absolute Gasteiger partial charge is 0.272 e. The number of carbonyl (C=O) groups is 2. The fourth-order valence-electron chi connectivity index (χ4n) is 2.81. The number of imide groups is 1. The minimum atomic E-state index is -0.396. The third kappa shape index (κ3) is 4.24. The second-order valence-corrected chi connectivity index (χ2v) is 7.61. The summed E-state index contributed by atoms with van der Waals surface area (Å²) < 4.78 is 5.59.